The summed E-state index contributed by atoms with van der Waals surface area (Å²) in [6.07, 6.45) is 1.31. The van der Waals surface area contributed by atoms with Gasteiger partial charge in [0.15, 0.2) is 0 Å². The minimum absolute atomic E-state index is 0.0526. The Bertz CT molecular complexity index is 466. The van der Waals surface area contributed by atoms with E-state index >= 15 is 0 Å². The quantitative estimate of drug-likeness (QED) is 0.872. The highest BCUT2D eigenvalue weighted by Gasteiger charge is 2.34. The lowest BCUT2D eigenvalue weighted by Crippen LogP contribution is -2.41. The van der Waals surface area contributed by atoms with E-state index in [1.54, 1.807) is 0 Å². The smallest absolute Gasteiger partial charge is 0.220 e. The van der Waals surface area contributed by atoms with Crippen LogP contribution in [0.4, 0.5) is 0 Å². The van der Waals surface area contributed by atoms with Gasteiger partial charge < -0.3 is 10.1 Å². The van der Waals surface area contributed by atoms with Crippen molar-refractivity contribution in [1.29, 1.82) is 0 Å². The summed E-state index contributed by atoms with van der Waals surface area (Å²) in [6.45, 7) is 8.04. The van der Waals surface area contributed by atoms with Crippen molar-refractivity contribution in [3.8, 4) is 5.75 Å². The maximum Gasteiger partial charge on any atom is 0.220 e. The molecule has 0 saturated carbocycles. The number of benzene rings is 1. The van der Waals surface area contributed by atoms with Gasteiger partial charge in [-0.1, -0.05) is 19.1 Å². The molecule has 0 aromatic heterocycles. The SMILES string of the molecule is CCC(=O)NC1CC(C)(C)Oc2cc(C)ccc21. The molecule has 18 heavy (non-hydrogen) atoms. The molecule has 1 atom stereocenters. The molecule has 1 aromatic carbocycles. The highest BCUT2D eigenvalue weighted by molar-refractivity contribution is 5.76. The predicted octanol–water partition coefficient (Wildman–Crippen LogP) is 3.12. The van der Waals surface area contributed by atoms with Gasteiger partial charge in [-0.05, 0) is 32.4 Å². The number of fused-ring (bicyclic) bond motifs is 1. The van der Waals surface area contributed by atoms with E-state index in [-0.39, 0.29) is 17.6 Å². The fraction of sp³-hybridized carbons (Fsp3) is 0.533. The summed E-state index contributed by atoms with van der Waals surface area (Å²) in [5.41, 5.74) is 2.01. The molecule has 1 amide bonds. The summed E-state index contributed by atoms with van der Waals surface area (Å²) in [5.74, 6) is 0.983. The molecule has 1 N–H and O–H groups in total. The van der Waals surface area contributed by atoms with Crippen molar-refractivity contribution in [2.45, 2.75) is 52.2 Å². The number of carbonyl (C=O) groups is 1. The average Bonchev–Trinajstić information content (AvgIpc) is 2.26. The van der Waals surface area contributed by atoms with Crippen LogP contribution in [0.5, 0.6) is 5.75 Å². The molecule has 1 aliphatic heterocycles. The van der Waals surface area contributed by atoms with Crippen LogP contribution in [-0.2, 0) is 4.79 Å². The van der Waals surface area contributed by atoms with E-state index in [1.807, 2.05) is 19.9 Å². The third-order valence-corrected chi connectivity index (χ3v) is 3.28. The van der Waals surface area contributed by atoms with Crippen molar-refractivity contribution in [2.24, 2.45) is 0 Å². The van der Waals surface area contributed by atoms with Crippen molar-refractivity contribution in [3.63, 3.8) is 0 Å². The van der Waals surface area contributed by atoms with Gasteiger partial charge in [0.1, 0.15) is 11.4 Å². The van der Waals surface area contributed by atoms with Crippen molar-refractivity contribution in [2.75, 3.05) is 0 Å². The van der Waals surface area contributed by atoms with E-state index in [4.69, 9.17) is 4.74 Å². The number of ether oxygens (including phenoxy) is 1. The normalized spacial score (nSPS) is 20.8. The topological polar surface area (TPSA) is 38.3 Å². The second kappa shape index (κ2) is 4.63. The molecule has 3 heteroatoms. The highest BCUT2D eigenvalue weighted by atomic mass is 16.5. The lowest BCUT2D eigenvalue weighted by atomic mass is 9.89. The Balaban J connectivity index is 2.34. The number of carbonyl (C=O) groups excluding carboxylic acids is 1. The number of hydrogen-bond donors (Lipinski definition) is 1. The van der Waals surface area contributed by atoms with Crippen LogP contribution < -0.4 is 10.1 Å². The molecule has 2 rings (SSSR count). The van der Waals surface area contributed by atoms with Crippen LogP contribution in [-0.4, -0.2) is 11.5 Å². The molecule has 0 bridgehead atoms. The molecular weight excluding hydrogens is 226 g/mol. The monoisotopic (exact) mass is 247 g/mol. The van der Waals surface area contributed by atoms with E-state index < -0.39 is 0 Å². The van der Waals surface area contributed by atoms with Gasteiger partial charge in [-0.15, -0.1) is 0 Å². The summed E-state index contributed by atoms with van der Waals surface area (Å²) >= 11 is 0. The van der Waals surface area contributed by atoms with Crippen molar-refractivity contribution >= 4 is 5.91 Å². The average molecular weight is 247 g/mol. The van der Waals surface area contributed by atoms with Gasteiger partial charge in [0.2, 0.25) is 5.91 Å². The van der Waals surface area contributed by atoms with Gasteiger partial charge in [-0.2, -0.15) is 0 Å². The van der Waals surface area contributed by atoms with Crippen LogP contribution in [0.1, 0.15) is 50.8 Å². The number of nitrogens with one attached hydrogen (secondary N) is 1. The largest absolute Gasteiger partial charge is 0.487 e. The molecular formula is C15H21NO2. The van der Waals surface area contributed by atoms with Gasteiger partial charge >= 0.3 is 0 Å². The second-order valence-electron chi connectivity index (χ2n) is 5.58. The molecule has 3 nitrogen and oxygen atoms in total. The first-order valence-corrected chi connectivity index (χ1v) is 6.50. The number of amides is 1. The molecule has 0 spiro atoms. The van der Waals surface area contributed by atoms with E-state index in [0.717, 1.165) is 17.7 Å². The lowest BCUT2D eigenvalue weighted by molar-refractivity contribution is -0.122. The fourth-order valence-electron chi connectivity index (χ4n) is 2.38. The van der Waals surface area contributed by atoms with E-state index in [2.05, 4.69) is 31.3 Å². The van der Waals surface area contributed by atoms with Crippen LogP contribution in [0, 0.1) is 6.92 Å². The maximum absolute atomic E-state index is 11.6. The summed E-state index contributed by atoms with van der Waals surface area (Å²) in [5, 5.41) is 3.08. The summed E-state index contributed by atoms with van der Waals surface area (Å²) in [7, 11) is 0. The van der Waals surface area contributed by atoms with Gasteiger partial charge in [0, 0.05) is 18.4 Å². The zero-order valence-corrected chi connectivity index (χ0v) is 11.5. The summed E-state index contributed by atoms with van der Waals surface area (Å²) in [6, 6.07) is 6.21. The van der Waals surface area contributed by atoms with Crippen LogP contribution >= 0.6 is 0 Å². The maximum atomic E-state index is 11.6. The summed E-state index contributed by atoms with van der Waals surface area (Å²) in [4.78, 5) is 11.6. The molecule has 1 aliphatic rings. The molecule has 0 radical (unpaired) electrons. The standard InChI is InChI=1S/C15H21NO2/c1-5-14(17)16-12-9-15(3,4)18-13-8-10(2)6-7-11(12)13/h6-8,12H,5,9H2,1-4H3,(H,16,17). The summed E-state index contributed by atoms with van der Waals surface area (Å²) < 4.78 is 5.99. The predicted molar refractivity (Wildman–Crippen MR) is 71.7 cm³/mol. The first-order valence-electron chi connectivity index (χ1n) is 6.50. The minimum Gasteiger partial charge on any atom is -0.487 e. The van der Waals surface area contributed by atoms with Crippen LogP contribution in [0.2, 0.25) is 0 Å². The molecule has 1 aromatic rings. The Hall–Kier alpha value is -1.51. The Morgan fingerprint density at radius 1 is 1.50 bits per heavy atom. The minimum atomic E-state index is -0.244. The van der Waals surface area contributed by atoms with Crippen molar-refractivity contribution in [3.05, 3.63) is 29.3 Å². The molecule has 0 aliphatic carbocycles. The molecule has 1 heterocycles. The van der Waals surface area contributed by atoms with Gasteiger partial charge in [0.25, 0.3) is 0 Å². The zero-order valence-electron chi connectivity index (χ0n) is 11.5. The Morgan fingerprint density at radius 2 is 2.22 bits per heavy atom. The first kappa shape index (κ1) is 12.9. The third kappa shape index (κ3) is 2.66. The number of aryl methyl sites for hydroxylation is 1. The number of hydrogen-bond acceptors (Lipinski definition) is 2. The van der Waals surface area contributed by atoms with Gasteiger partial charge in [0.05, 0.1) is 6.04 Å². The first-order chi connectivity index (χ1) is 8.41. The van der Waals surface area contributed by atoms with Crippen molar-refractivity contribution < 1.29 is 9.53 Å². The van der Waals surface area contributed by atoms with Gasteiger partial charge in [-0.25, -0.2) is 0 Å². The van der Waals surface area contributed by atoms with E-state index in [9.17, 15) is 4.79 Å². The van der Waals surface area contributed by atoms with Crippen LogP contribution in [0.15, 0.2) is 18.2 Å². The second-order valence-corrected chi connectivity index (χ2v) is 5.58. The van der Waals surface area contributed by atoms with Crippen molar-refractivity contribution in [1.82, 2.24) is 5.32 Å². The lowest BCUT2D eigenvalue weighted by Gasteiger charge is -2.38. The Kier molecular flexibility index (Phi) is 3.33. The molecule has 98 valence electrons. The Morgan fingerprint density at radius 3 is 2.89 bits per heavy atom. The third-order valence-electron chi connectivity index (χ3n) is 3.28. The van der Waals surface area contributed by atoms with Gasteiger partial charge in [-0.3, -0.25) is 4.79 Å². The van der Waals surface area contributed by atoms with E-state index in [0.29, 0.717) is 6.42 Å². The zero-order chi connectivity index (χ0) is 13.3. The van der Waals surface area contributed by atoms with Crippen LogP contribution in [0.3, 0.4) is 0 Å². The highest BCUT2D eigenvalue weighted by Crippen LogP contribution is 2.39. The van der Waals surface area contributed by atoms with E-state index in [1.165, 1.54) is 5.56 Å². The molecule has 0 fully saturated rings. The Labute approximate surface area is 109 Å². The van der Waals surface area contributed by atoms with Crippen LogP contribution in [0.25, 0.3) is 0 Å². The number of rotatable bonds is 2. The molecule has 1 unspecified atom stereocenters. The molecule has 0 saturated heterocycles. The fourth-order valence-corrected chi connectivity index (χ4v) is 2.38.